The summed E-state index contributed by atoms with van der Waals surface area (Å²) in [6, 6.07) is -0.801. The molecule has 1 saturated heterocycles. The second-order valence-electron chi connectivity index (χ2n) is 5.74. The number of β-lactam (4-membered cyclic amide) rings is 1. The molecule has 0 bridgehead atoms. The first-order valence-corrected chi connectivity index (χ1v) is 8.65. The summed E-state index contributed by atoms with van der Waals surface area (Å²) in [4.78, 5) is 25.4. The van der Waals surface area contributed by atoms with E-state index in [1.807, 2.05) is 0 Å². The number of rotatable bonds is 2. The molecule has 1 fully saturated rings. The third-order valence-electron chi connectivity index (χ3n) is 3.00. The number of carbonyl (C=O) groups is 2. The summed E-state index contributed by atoms with van der Waals surface area (Å²) in [6.45, 7) is 5.25. The van der Waals surface area contributed by atoms with Gasteiger partial charge >= 0.3 is 5.97 Å². The van der Waals surface area contributed by atoms with Crippen molar-refractivity contribution in [3.8, 4) is 0 Å². The molecule has 0 radical (unpaired) electrons. The van der Waals surface area contributed by atoms with Crippen molar-refractivity contribution in [3.63, 3.8) is 0 Å². The average Bonchev–Trinajstić information content (AvgIpc) is 2.34. The van der Waals surface area contributed by atoms with Crippen LogP contribution in [0.1, 0.15) is 20.8 Å². The molecule has 2 aliphatic heterocycles. The van der Waals surface area contributed by atoms with Crippen LogP contribution in [0.15, 0.2) is 11.3 Å². The number of amides is 1. The summed E-state index contributed by atoms with van der Waals surface area (Å²) >= 11 is 1.98. The molecule has 2 N–H and O–H groups in total. The zero-order valence-corrected chi connectivity index (χ0v) is 16.0. The maximum atomic E-state index is 12.3. The number of nitrogens with zero attached hydrogens (tertiary/aromatic N) is 1. The maximum absolute atomic E-state index is 12.3. The van der Waals surface area contributed by atoms with Crippen LogP contribution in [0.5, 0.6) is 0 Å². The zero-order chi connectivity index (χ0) is 15.2. The lowest BCUT2D eigenvalue weighted by atomic mass is 10.0. The van der Waals surface area contributed by atoms with Gasteiger partial charge in [0, 0.05) is 10.9 Å². The summed E-state index contributed by atoms with van der Waals surface area (Å²) in [5.74, 6) is -0.738. The highest BCUT2D eigenvalue weighted by Gasteiger charge is 2.59. The number of fused-ring (bicyclic) bond motifs is 1. The Morgan fingerprint density at radius 2 is 2.14 bits per heavy atom. The van der Waals surface area contributed by atoms with Crippen molar-refractivity contribution in [2.45, 2.75) is 37.8 Å². The van der Waals surface area contributed by atoms with Crippen molar-refractivity contribution >= 4 is 56.0 Å². The van der Waals surface area contributed by atoms with Crippen LogP contribution in [0.4, 0.5) is 0 Å². The minimum absolute atomic E-state index is 0. The van der Waals surface area contributed by atoms with E-state index in [1.54, 1.807) is 20.8 Å². The van der Waals surface area contributed by atoms with Gasteiger partial charge in [-0.15, -0.1) is 17.0 Å². The largest absolute Gasteiger partial charge is 0.614 e. The lowest BCUT2D eigenvalue weighted by molar-refractivity contribution is -0.158. The van der Waals surface area contributed by atoms with E-state index in [0.29, 0.717) is 10.9 Å². The molecule has 1 unspecified atom stereocenters. The molecule has 3 atom stereocenters. The van der Waals surface area contributed by atoms with Crippen LogP contribution >= 0.6 is 32.9 Å². The second-order valence-corrected chi connectivity index (χ2v) is 7.83. The molecular weight excluding hydrogens is 428 g/mol. The summed E-state index contributed by atoms with van der Waals surface area (Å²) in [6.07, 6.45) is 0. The SMILES string of the molecule is Br.CC(C)(C)OC(=O)C1=C(CBr)C[S+]([O-])[C@H]2[C@H](N)C(=O)N12. The predicted octanol–water partition coefficient (Wildman–Crippen LogP) is 0.813. The fraction of sp³-hybridized carbons (Fsp3) is 0.667. The van der Waals surface area contributed by atoms with Crippen LogP contribution in [0.2, 0.25) is 0 Å². The minimum Gasteiger partial charge on any atom is -0.614 e. The number of esters is 1. The number of carbonyl (C=O) groups excluding carboxylic acids is 2. The number of hydrogen-bond acceptors (Lipinski definition) is 5. The Kier molecular flexibility index (Phi) is 5.93. The smallest absolute Gasteiger partial charge is 0.355 e. The normalized spacial score (nSPS) is 28.6. The van der Waals surface area contributed by atoms with Crippen LogP contribution < -0.4 is 5.73 Å². The Hall–Kier alpha value is -0.0900. The first-order valence-electron chi connectivity index (χ1n) is 6.14. The molecule has 0 aliphatic carbocycles. The van der Waals surface area contributed by atoms with Crippen LogP contribution in [0, 0.1) is 0 Å². The number of hydrogen-bond donors (Lipinski definition) is 1. The third-order valence-corrected chi connectivity index (χ3v) is 5.35. The summed E-state index contributed by atoms with van der Waals surface area (Å²) in [7, 11) is 0. The van der Waals surface area contributed by atoms with Crippen LogP contribution in [0.3, 0.4) is 0 Å². The van der Waals surface area contributed by atoms with Gasteiger partial charge in [-0.1, -0.05) is 15.9 Å². The maximum Gasteiger partial charge on any atom is 0.355 e. The Bertz CT molecular complexity index is 492. The Morgan fingerprint density at radius 3 is 2.62 bits per heavy atom. The van der Waals surface area contributed by atoms with E-state index in [4.69, 9.17) is 10.5 Å². The van der Waals surface area contributed by atoms with Gasteiger partial charge in [0.05, 0.1) is 0 Å². The van der Waals surface area contributed by atoms with E-state index in [1.165, 1.54) is 4.90 Å². The number of nitrogens with two attached hydrogens (primary N) is 1. The zero-order valence-electron chi connectivity index (χ0n) is 11.9. The van der Waals surface area contributed by atoms with Crippen molar-refractivity contribution in [2.75, 3.05) is 11.1 Å². The quantitative estimate of drug-likeness (QED) is 0.293. The molecule has 6 nitrogen and oxygen atoms in total. The van der Waals surface area contributed by atoms with Gasteiger partial charge in [0.2, 0.25) is 5.37 Å². The van der Waals surface area contributed by atoms with Gasteiger partial charge < -0.3 is 15.0 Å². The highest BCUT2D eigenvalue weighted by molar-refractivity contribution is 9.09. The summed E-state index contributed by atoms with van der Waals surface area (Å²) in [5, 5.41) is -0.258. The van der Waals surface area contributed by atoms with E-state index in [-0.39, 0.29) is 34.3 Å². The van der Waals surface area contributed by atoms with Crippen LogP contribution in [-0.4, -0.2) is 49.4 Å². The lowest BCUT2D eigenvalue weighted by Crippen LogP contribution is -2.73. The molecule has 0 saturated carbocycles. The standard InChI is InChI=1S/C12H17BrN2O4S.BrH/c1-12(2,3)19-11(17)8-6(4-13)5-20(18)10-7(14)9(16)15(8)10;/h7,10H,4-5,14H2,1-3H3;1H/t7-,10+,20?;/m1./s1. The fourth-order valence-electron chi connectivity index (χ4n) is 2.17. The van der Waals surface area contributed by atoms with Gasteiger partial charge in [0.25, 0.3) is 5.91 Å². The Labute approximate surface area is 145 Å². The van der Waals surface area contributed by atoms with Crippen molar-refractivity contribution in [1.29, 1.82) is 0 Å². The first-order chi connectivity index (χ1) is 9.17. The third kappa shape index (κ3) is 3.47. The van der Waals surface area contributed by atoms with Crippen LogP contribution in [0.25, 0.3) is 0 Å². The molecule has 9 heteroatoms. The molecule has 0 spiro atoms. The molecule has 2 rings (SSSR count). The van der Waals surface area contributed by atoms with Crippen molar-refractivity contribution < 1.29 is 18.9 Å². The van der Waals surface area contributed by atoms with Crippen molar-refractivity contribution in [3.05, 3.63) is 11.3 Å². The number of ether oxygens (including phenoxy) is 1. The van der Waals surface area contributed by atoms with Gasteiger partial charge in [-0.25, -0.2) is 4.79 Å². The highest BCUT2D eigenvalue weighted by Crippen LogP contribution is 2.37. The molecular formula is C12H18Br2N2O4S. The first kappa shape index (κ1) is 19.0. The van der Waals surface area contributed by atoms with E-state index >= 15 is 0 Å². The average molecular weight is 446 g/mol. The summed E-state index contributed by atoms with van der Waals surface area (Å²) < 4.78 is 17.4. The fourth-order valence-corrected chi connectivity index (χ4v) is 4.54. The van der Waals surface area contributed by atoms with Gasteiger partial charge in [-0.2, -0.15) is 0 Å². The van der Waals surface area contributed by atoms with E-state index in [2.05, 4.69) is 15.9 Å². The molecule has 2 aliphatic rings. The second kappa shape index (κ2) is 6.57. The molecule has 0 aromatic rings. The predicted molar refractivity (Wildman–Crippen MR) is 88.6 cm³/mol. The van der Waals surface area contributed by atoms with Gasteiger partial charge in [-0.3, -0.25) is 9.69 Å². The van der Waals surface area contributed by atoms with E-state index < -0.39 is 34.2 Å². The van der Waals surface area contributed by atoms with Gasteiger partial charge in [-0.05, 0) is 31.9 Å². The molecule has 1 amide bonds. The summed E-state index contributed by atoms with van der Waals surface area (Å²) in [5.41, 5.74) is 5.80. The molecule has 0 aromatic heterocycles. The molecule has 120 valence electrons. The van der Waals surface area contributed by atoms with Crippen LogP contribution in [-0.2, 0) is 25.5 Å². The minimum atomic E-state index is -1.28. The Morgan fingerprint density at radius 1 is 1.57 bits per heavy atom. The lowest BCUT2D eigenvalue weighted by Gasteiger charge is -2.48. The highest BCUT2D eigenvalue weighted by atomic mass is 79.9. The topological polar surface area (TPSA) is 95.7 Å². The van der Waals surface area contributed by atoms with Gasteiger partial charge in [0.1, 0.15) is 17.1 Å². The van der Waals surface area contributed by atoms with E-state index in [0.717, 1.165) is 0 Å². The molecule has 21 heavy (non-hydrogen) atoms. The van der Waals surface area contributed by atoms with Crippen molar-refractivity contribution in [1.82, 2.24) is 4.90 Å². The van der Waals surface area contributed by atoms with E-state index in [9.17, 15) is 14.1 Å². The van der Waals surface area contributed by atoms with Gasteiger partial charge in [0.15, 0.2) is 6.04 Å². The molecule has 2 heterocycles. The number of alkyl halides is 1. The number of halogens is 2. The van der Waals surface area contributed by atoms with Crippen molar-refractivity contribution in [2.24, 2.45) is 5.73 Å². The monoisotopic (exact) mass is 444 g/mol. The Balaban J connectivity index is 0.00000220. The molecule has 0 aromatic carbocycles.